The average molecular weight is 473 g/mol. The SMILES string of the molecule is O=C(COc1ccc(S(=O)(=O)NC2CCCC2)cc1Cl)NCc1cccc2ccccc12. The number of hydrogen-bond acceptors (Lipinski definition) is 4. The van der Waals surface area contributed by atoms with E-state index in [0.717, 1.165) is 42.0 Å². The number of amides is 1. The number of hydrogen-bond donors (Lipinski definition) is 2. The molecule has 1 fully saturated rings. The molecule has 8 heteroatoms. The van der Waals surface area contributed by atoms with Crippen molar-refractivity contribution in [1.29, 1.82) is 0 Å². The lowest BCUT2D eigenvalue weighted by atomic mass is 10.0. The van der Waals surface area contributed by atoms with Crippen molar-refractivity contribution in [3.63, 3.8) is 0 Å². The quantitative estimate of drug-likeness (QED) is 0.508. The van der Waals surface area contributed by atoms with Gasteiger partial charge < -0.3 is 10.1 Å². The summed E-state index contributed by atoms with van der Waals surface area (Å²) in [6.07, 6.45) is 3.76. The van der Waals surface area contributed by atoms with Crippen LogP contribution in [0.15, 0.2) is 65.6 Å². The van der Waals surface area contributed by atoms with Crippen LogP contribution in [0.3, 0.4) is 0 Å². The van der Waals surface area contributed by atoms with Crippen molar-refractivity contribution < 1.29 is 17.9 Å². The van der Waals surface area contributed by atoms with Crippen LogP contribution in [-0.2, 0) is 21.4 Å². The van der Waals surface area contributed by atoms with Crippen LogP contribution < -0.4 is 14.8 Å². The van der Waals surface area contributed by atoms with E-state index in [2.05, 4.69) is 10.0 Å². The minimum atomic E-state index is -3.64. The van der Waals surface area contributed by atoms with E-state index in [1.54, 1.807) is 0 Å². The predicted octanol–water partition coefficient (Wildman–Crippen LogP) is 4.41. The van der Waals surface area contributed by atoms with Crippen molar-refractivity contribution in [2.24, 2.45) is 0 Å². The van der Waals surface area contributed by atoms with Crippen LogP contribution in [0.25, 0.3) is 10.8 Å². The van der Waals surface area contributed by atoms with Crippen molar-refractivity contribution in [3.8, 4) is 5.75 Å². The van der Waals surface area contributed by atoms with Gasteiger partial charge in [-0.25, -0.2) is 13.1 Å². The summed E-state index contributed by atoms with van der Waals surface area (Å²) in [7, 11) is -3.64. The molecule has 1 saturated carbocycles. The smallest absolute Gasteiger partial charge is 0.258 e. The molecule has 2 N–H and O–H groups in total. The largest absolute Gasteiger partial charge is 0.482 e. The van der Waals surface area contributed by atoms with Gasteiger partial charge in [-0.3, -0.25) is 4.79 Å². The molecule has 3 aromatic carbocycles. The topological polar surface area (TPSA) is 84.5 Å². The molecule has 1 amide bonds. The highest BCUT2D eigenvalue weighted by molar-refractivity contribution is 7.89. The van der Waals surface area contributed by atoms with Gasteiger partial charge in [0.2, 0.25) is 10.0 Å². The monoisotopic (exact) mass is 472 g/mol. The first-order chi connectivity index (χ1) is 15.4. The van der Waals surface area contributed by atoms with Crippen LogP contribution in [0.1, 0.15) is 31.2 Å². The molecule has 0 unspecified atom stereocenters. The molecule has 0 spiro atoms. The van der Waals surface area contributed by atoms with E-state index in [-0.39, 0.29) is 34.2 Å². The van der Waals surface area contributed by atoms with Crippen LogP contribution in [-0.4, -0.2) is 27.0 Å². The Kier molecular flexibility index (Phi) is 6.98. The molecule has 168 valence electrons. The summed E-state index contributed by atoms with van der Waals surface area (Å²) in [6.45, 7) is 0.151. The lowest BCUT2D eigenvalue weighted by Crippen LogP contribution is -2.32. The van der Waals surface area contributed by atoms with Crippen LogP contribution in [0.4, 0.5) is 0 Å². The van der Waals surface area contributed by atoms with Crippen molar-refractivity contribution >= 4 is 38.3 Å². The van der Waals surface area contributed by atoms with Gasteiger partial charge in [0.15, 0.2) is 6.61 Å². The Morgan fingerprint density at radius 3 is 2.56 bits per heavy atom. The number of halogens is 1. The minimum Gasteiger partial charge on any atom is -0.482 e. The Morgan fingerprint density at radius 1 is 1.03 bits per heavy atom. The maximum atomic E-state index is 12.6. The van der Waals surface area contributed by atoms with Gasteiger partial charge in [0.25, 0.3) is 5.91 Å². The van der Waals surface area contributed by atoms with Crippen molar-refractivity contribution in [2.75, 3.05) is 6.61 Å². The first kappa shape index (κ1) is 22.6. The Balaban J connectivity index is 1.33. The molecule has 3 aromatic rings. The Hall–Kier alpha value is -2.61. The highest BCUT2D eigenvalue weighted by Crippen LogP contribution is 2.28. The number of ether oxygens (including phenoxy) is 1. The molecule has 6 nitrogen and oxygen atoms in total. The lowest BCUT2D eigenvalue weighted by Gasteiger charge is -2.14. The summed E-state index contributed by atoms with van der Waals surface area (Å²) in [6, 6.07) is 18.2. The highest BCUT2D eigenvalue weighted by Gasteiger charge is 2.23. The first-order valence-corrected chi connectivity index (χ1v) is 12.5. The normalized spacial score (nSPS) is 14.5. The lowest BCUT2D eigenvalue weighted by molar-refractivity contribution is -0.123. The van der Waals surface area contributed by atoms with E-state index in [9.17, 15) is 13.2 Å². The van der Waals surface area contributed by atoms with Gasteiger partial charge in [-0.2, -0.15) is 0 Å². The summed E-state index contributed by atoms with van der Waals surface area (Å²) in [5.41, 5.74) is 1.01. The molecule has 1 aliphatic rings. The molecule has 32 heavy (non-hydrogen) atoms. The fourth-order valence-electron chi connectivity index (χ4n) is 3.93. The maximum Gasteiger partial charge on any atom is 0.258 e. The molecule has 0 bridgehead atoms. The fraction of sp³-hybridized carbons (Fsp3) is 0.292. The maximum absolute atomic E-state index is 12.6. The molecule has 0 aliphatic heterocycles. The van der Waals surface area contributed by atoms with E-state index in [0.29, 0.717) is 6.54 Å². The Morgan fingerprint density at radius 2 is 1.78 bits per heavy atom. The third-order valence-corrected chi connectivity index (χ3v) is 7.42. The fourth-order valence-corrected chi connectivity index (χ4v) is 5.56. The number of carbonyl (C=O) groups excluding carboxylic acids is 1. The third-order valence-electron chi connectivity index (χ3n) is 5.61. The van der Waals surface area contributed by atoms with E-state index in [1.807, 2.05) is 42.5 Å². The van der Waals surface area contributed by atoms with Gasteiger partial charge in [0.05, 0.1) is 9.92 Å². The zero-order chi connectivity index (χ0) is 22.6. The molecule has 0 atom stereocenters. The summed E-state index contributed by atoms with van der Waals surface area (Å²) in [5.74, 6) is -0.0413. The van der Waals surface area contributed by atoms with Crippen molar-refractivity contribution in [2.45, 2.75) is 43.2 Å². The second-order valence-corrected chi connectivity index (χ2v) is 10.0. The third kappa shape index (κ3) is 5.41. The molecular formula is C24H25ClN2O4S. The van der Waals surface area contributed by atoms with Gasteiger partial charge in [0.1, 0.15) is 5.75 Å². The first-order valence-electron chi connectivity index (χ1n) is 10.6. The van der Waals surface area contributed by atoms with Gasteiger partial charge in [-0.1, -0.05) is 66.9 Å². The van der Waals surface area contributed by atoms with E-state index in [1.165, 1.54) is 18.2 Å². The van der Waals surface area contributed by atoms with Crippen LogP contribution in [0.2, 0.25) is 5.02 Å². The molecule has 0 radical (unpaired) electrons. The van der Waals surface area contributed by atoms with Crippen LogP contribution in [0, 0.1) is 0 Å². The summed E-state index contributed by atoms with van der Waals surface area (Å²) in [5, 5.41) is 5.18. The molecular weight excluding hydrogens is 448 g/mol. The highest BCUT2D eigenvalue weighted by atomic mass is 35.5. The summed E-state index contributed by atoms with van der Waals surface area (Å²) in [4.78, 5) is 12.4. The zero-order valence-electron chi connectivity index (χ0n) is 17.5. The average Bonchev–Trinajstić information content (AvgIpc) is 3.29. The zero-order valence-corrected chi connectivity index (χ0v) is 19.1. The van der Waals surface area contributed by atoms with Gasteiger partial charge >= 0.3 is 0 Å². The molecule has 0 heterocycles. The molecule has 4 rings (SSSR count). The molecule has 0 saturated heterocycles. The summed E-state index contributed by atoms with van der Waals surface area (Å²) < 4.78 is 33.4. The van der Waals surface area contributed by atoms with E-state index < -0.39 is 10.0 Å². The van der Waals surface area contributed by atoms with Gasteiger partial charge in [0, 0.05) is 12.6 Å². The number of carbonyl (C=O) groups is 1. The van der Waals surface area contributed by atoms with Crippen molar-refractivity contribution in [1.82, 2.24) is 10.0 Å². The second kappa shape index (κ2) is 9.90. The number of benzene rings is 3. The van der Waals surface area contributed by atoms with E-state index in [4.69, 9.17) is 16.3 Å². The minimum absolute atomic E-state index is 0.0277. The molecule has 1 aliphatic carbocycles. The number of rotatable bonds is 8. The van der Waals surface area contributed by atoms with Crippen LogP contribution >= 0.6 is 11.6 Å². The Labute approximate surface area is 193 Å². The second-order valence-electron chi connectivity index (χ2n) is 7.90. The van der Waals surface area contributed by atoms with Gasteiger partial charge in [-0.05, 0) is 47.4 Å². The van der Waals surface area contributed by atoms with Crippen LogP contribution in [0.5, 0.6) is 5.75 Å². The number of sulfonamides is 1. The predicted molar refractivity (Wildman–Crippen MR) is 125 cm³/mol. The molecule has 0 aromatic heterocycles. The Bertz CT molecular complexity index is 1220. The van der Waals surface area contributed by atoms with E-state index >= 15 is 0 Å². The standard InChI is InChI=1S/C24H25ClN2O4S/c25-22-14-20(32(29,30)27-19-9-2-3-10-19)12-13-23(22)31-16-24(28)26-15-18-8-5-7-17-6-1-4-11-21(17)18/h1,4-8,11-14,19,27H,2-3,9-10,15-16H2,(H,26,28). The number of fused-ring (bicyclic) bond motifs is 1. The van der Waals surface area contributed by atoms with Crippen molar-refractivity contribution in [3.05, 3.63) is 71.2 Å². The van der Waals surface area contributed by atoms with Gasteiger partial charge in [-0.15, -0.1) is 0 Å². The number of nitrogens with one attached hydrogen (secondary N) is 2. The summed E-state index contributed by atoms with van der Waals surface area (Å²) >= 11 is 6.22.